The van der Waals surface area contributed by atoms with Gasteiger partial charge in [-0.2, -0.15) is 0 Å². The maximum Gasteiger partial charge on any atom is 0.414 e. The maximum absolute atomic E-state index is 14.9. The van der Waals surface area contributed by atoms with Crippen LogP contribution in [0.25, 0.3) is 0 Å². The highest BCUT2D eigenvalue weighted by Gasteiger charge is 2.34. The van der Waals surface area contributed by atoms with Crippen LogP contribution in [0.4, 0.5) is 20.6 Å². The second kappa shape index (κ2) is 9.95. The predicted octanol–water partition coefficient (Wildman–Crippen LogP) is 1.12. The number of rotatable bonds is 8. The molecule has 3 amide bonds. The molecule has 0 bridgehead atoms. The third-order valence-corrected chi connectivity index (χ3v) is 5.64. The number of nitrogens with one attached hydrogen (secondary N) is 2. The predicted molar refractivity (Wildman–Crippen MR) is 112 cm³/mol. The minimum Gasteiger partial charge on any atom is -0.442 e. The number of halogens is 1. The number of ether oxygens (including phenoxy) is 2. The highest BCUT2D eigenvalue weighted by Crippen LogP contribution is 2.32. The van der Waals surface area contributed by atoms with E-state index >= 15 is 0 Å². The van der Waals surface area contributed by atoms with Crippen molar-refractivity contribution >= 4 is 29.3 Å². The van der Waals surface area contributed by atoms with Gasteiger partial charge in [-0.3, -0.25) is 14.5 Å². The molecule has 0 aromatic heterocycles. The van der Waals surface area contributed by atoms with Crippen LogP contribution < -0.4 is 20.4 Å². The molecule has 2 aliphatic heterocycles. The van der Waals surface area contributed by atoms with Crippen LogP contribution in [0.3, 0.4) is 0 Å². The molecule has 2 heterocycles. The van der Waals surface area contributed by atoms with Gasteiger partial charge in [0.1, 0.15) is 18.5 Å². The quantitative estimate of drug-likeness (QED) is 0.634. The number of carbonyl (C=O) groups is 3. The van der Waals surface area contributed by atoms with E-state index in [1.807, 2.05) is 4.90 Å². The number of methoxy groups -OCH3 is 1. The Hall–Kier alpha value is -2.88. The molecule has 0 radical (unpaired) electrons. The number of hydrogen-bond acceptors (Lipinski definition) is 6. The van der Waals surface area contributed by atoms with Crippen molar-refractivity contribution in [2.45, 2.75) is 20.0 Å². The molecule has 2 fully saturated rings. The molecule has 2 saturated heterocycles. The highest BCUT2D eigenvalue weighted by molar-refractivity contribution is 5.90. The SMILES string of the molecule is COCC(=O)NC[C@H]1CN(c2ccc(N3C[C@H](CNC(C)=O)OC3=O)cc2F)C[C@H]1C. The van der Waals surface area contributed by atoms with Gasteiger partial charge >= 0.3 is 6.09 Å². The molecule has 10 heteroatoms. The molecule has 0 unspecified atom stereocenters. The Labute approximate surface area is 180 Å². The summed E-state index contributed by atoms with van der Waals surface area (Å²) in [6, 6.07) is 4.69. The number of hydrogen-bond donors (Lipinski definition) is 2. The van der Waals surface area contributed by atoms with Crippen LogP contribution in [-0.2, 0) is 19.1 Å². The van der Waals surface area contributed by atoms with Gasteiger partial charge in [-0.1, -0.05) is 6.92 Å². The van der Waals surface area contributed by atoms with Crippen LogP contribution in [0.1, 0.15) is 13.8 Å². The molecule has 1 aromatic rings. The zero-order chi connectivity index (χ0) is 22.5. The Morgan fingerprint density at radius 3 is 2.68 bits per heavy atom. The van der Waals surface area contributed by atoms with E-state index in [2.05, 4.69) is 17.6 Å². The van der Waals surface area contributed by atoms with Gasteiger partial charge in [0.25, 0.3) is 0 Å². The third-order valence-electron chi connectivity index (χ3n) is 5.64. The van der Waals surface area contributed by atoms with Crippen LogP contribution in [0.15, 0.2) is 18.2 Å². The monoisotopic (exact) mass is 436 g/mol. The summed E-state index contributed by atoms with van der Waals surface area (Å²) in [4.78, 5) is 38.1. The normalized spacial score (nSPS) is 23.1. The summed E-state index contributed by atoms with van der Waals surface area (Å²) < 4.78 is 25.0. The van der Waals surface area contributed by atoms with Crippen LogP contribution in [-0.4, -0.2) is 70.5 Å². The summed E-state index contributed by atoms with van der Waals surface area (Å²) >= 11 is 0. The van der Waals surface area contributed by atoms with Crippen molar-refractivity contribution in [1.29, 1.82) is 0 Å². The summed E-state index contributed by atoms with van der Waals surface area (Å²) in [5, 5.41) is 5.46. The second-order valence-corrected chi connectivity index (χ2v) is 8.07. The smallest absolute Gasteiger partial charge is 0.414 e. The molecule has 2 N–H and O–H groups in total. The summed E-state index contributed by atoms with van der Waals surface area (Å²) in [5.41, 5.74) is 0.871. The molecule has 0 spiro atoms. The van der Waals surface area contributed by atoms with E-state index in [1.165, 1.54) is 25.0 Å². The Morgan fingerprint density at radius 2 is 2.00 bits per heavy atom. The molecule has 3 rings (SSSR count). The van der Waals surface area contributed by atoms with Crippen LogP contribution in [0.5, 0.6) is 0 Å². The average molecular weight is 436 g/mol. The van der Waals surface area contributed by atoms with Crippen molar-refractivity contribution in [3.63, 3.8) is 0 Å². The van der Waals surface area contributed by atoms with Gasteiger partial charge in [0.05, 0.1) is 24.5 Å². The van der Waals surface area contributed by atoms with Gasteiger partial charge in [-0.15, -0.1) is 0 Å². The van der Waals surface area contributed by atoms with E-state index in [9.17, 15) is 18.8 Å². The fourth-order valence-electron chi connectivity index (χ4n) is 3.94. The third kappa shape index (κ3) is 5.63. The molecule has 31 heavy (non-hydrogen) atoms. The van der Waals surface area contributed by atoms with Crippen molar-refractivity contribution < 1.29 is 28.2 Å². The van der Waals surface area contributed by atoms with Crippen molar-refractivity contribution in [2.75, 3.05) is 56.2 Å². The van der Waals surface area contributed by atoms with Crippen molar-refractivity contribution in [3.8, 4) is 0 Å². The lowest BCUT2D eigenvalue weighted by atomic mass is 9.98. The molecule has 0 aliphatic carbocycles. The van der Waals surface area contributed by atoms with E-state index < -0.39 is 18.0 Å². The highest BCUT2D eigenvalue weighted by atomic mass is 19.1. The number of anilines is 2. The molecule has 9 nitrogen and oxygen atoms in total. The van der Waals surface area contributed by atoms with E-state index in [0.717, 1.165) is 0 Å². The lowest BCUT2D eigenvalue weighted by molar-refractivity contribution is -0.125. The first-order valence-corrected chi connectivity index (χ1v) is 10.3. The van der Waals surface area contributed by atoms with Crippen LogP contribution in [0.2, 0.25) is 0 Å². The average Bonchev–Trinajstić information content (AvgIpc) is 3.27. The van der Waals surface area contributed by atoms with Crippen molar-refractivity contribution in [2.24, 2.45) is 11.8 Å². The zero-order valence-corrected chi connectivity index (χ0v) is 18.0. The minimum atomic E-state index is -0.566. The van der Waals surface area contributed by atoms with Gasteiger partial charge < -0.3 is 25.0 Å². The van der Waals surface area contributed by atoms with Crippen LogP contribution >= 0.6 is 0 Å². The number of carbonyl (C=O) groups excluding carboxylic acids is 3. The molecule has 1 aromatic carbocycles. The number of amides is 3. The minimum absolute atomic E-state index is 0.0194. The first-order chi connectivity index (χ1) is 14.8. The first kappa shape index (κ1) is 22.8. The Balaban J connectivity index is 1.61. The Morgan fingerprint density at radius 1 is 1.23 bits per heavy atom. The molecule has 2 aliphatic rings. The lowest BCUT2D eigenvalue weighted by Gasteiger charge is -2.21. The van der Waals surface area contributed by atoms with E-state index in [-0.39, 0.29) is 43.3 Å². The Bertz CT molecular complexity index is 836. The van der Waals surface area contributed by atoms with Gasteiger partial charge in [-0.25, -0.2) is 9.18 Å². The standard InChI is InChI=1S/C21H29FN4O5/c1-13-9-25(10-15(13)7-24-20(28)12-30-3)19-5-4-16(6-18(19)22)26-11-17(31-21(26)29)8-23-14(2)27/h4-6,13,15,17H,7-12H2,1-3H3,(H,23,27)(H,24,28)/t13-,15+,17+/m1/s1. The molecule has 0 saturated carbocycles. The van der Waals surface area contributed by atoms with E-state index in [1.54, 1.807) is 12.1 Å². The van der Waals surface area contributed by atoms with E-state index in [4.69, 9.17) is 9.47 Å². The van der Waals surface area contributed by atoms with Crippen molar-refractivity contribution in [3.05, 3.63) is 24.0 Å². The summed E-state index contributed by atoms with van der Waals surface area (Å²) in [6.07, 6.45) is -1.04. The molecular formula is C21H29FN4O5. The summed E-state index contributed by atoms with van der Waals surface area (Å²) in [6.45, 7) is 5.74. The number of nitrogens with zero attached hydrogens (tertiary/aromatic N) is 2. The molecular weight excluding hydrogens is 407 g/mol. The fourth-order valence-corrected chi connectivity index (χ4v) is 3.94. The van der Waals surface area contributed by atoms with E-state index in [0.29, 0.717) is 31.0 Å². The lowest BCUT2D eigenvalue weighted by Crippen LogP contribution is -2.34. The molecule has 3 atom stereocenters. The van der Waals surface area contributed by atoms with Gasteiger partial charge in [-0.05, 0) is 30.0 Å². The Kier molecular flexibility index (Phi) is 7.32. The molecule has 170 valence electrons. The fraction of sp³-hybridized carbons (Fsp3) is 0.571. The number of benzene rings is 1. The summed E-state index contributed by atoms with van der Waals surface area (Å²) in [7, 11) is 1.47. The zero-order valence-electron chi connectivity index (χ0n) is 18.0. The van der Waals surface area contributed by atoms with Crippen LogP contribution in [0, 0.1) is 17.7 Å². The van der Waals surface area contributed by atoms with Gasteiger partial charge in [0.2, 0.25) is 11.8 Å². The topological polar surface area (TPSA) is 100 Å². The maximum atomic E-state index is 14.9. The van der Waals surface area contributed by atoms with Gasteiger partial charge in [0.15, 0.2) is 0 Å². The second-order valence-electron chi connectivity index (χ2n) is 8.07. The largest absolute Gasteiger partial charge is 0.442 e. The summed E-state index contributed by atoms with van der Waals surface area (Å²) in [5.74, 6) is -0.320. The van der Waals surface area contributed by atoms with Crippen molar-refractivity contribution in [1.82, 2.24) is 10.6 Å². The first-order valence-electron chi connectivity index (χ1n) is 10.3. The number of cyclic esters (lactones) is 1. The van der Waals surface area contributed by atoms with Gasteiger partial charge in [0, 0.05) is 33.7 Å².